The molecule has 38 heavy (non-hydrogen) atoms. The highest BCUT2D eigenvalue weighted by Crippen LogP contribution is 2.17. The number of hydroxylamine groups is 1. The van der Waals surface area contributed by atoms with Crippen molar-refractivity contribution in [1.82, 2.24) is 20.2 Å². The van der Waals surface area contributed by atoms with Crippen LogP contribution in [-0.4, -0.2) is 31.0 Å². The molecule has 0 radical (unpaired) electrons. The van der Waals surface area contributed by atoms with Crippen LogP contribution in [0.15, 0.2) is 79.7 Å². The van der Waals surface area contributed by atoms with Crippen LogP contribution in [0.2, 0.25) is 15.1 Å². The van der Waals surface area contributed by atoms with Crippen LogP contribution in [0, 0.1) is 0 Å². The minimum absolute atomic E-state index is 0.157. The van der Waals surface area contributed by atoms with E-state index in [0.717, 1.165) is 6.33 Å². The van der Waals surface area contributed by atoms with Crippen LogP contribution in [0.5, 0.6) is 0 Å². The molecule has 196 valence electrons. The largest absolute Gasteiger partial charge is 0.424 e. The van der Waals surface area contributed by atoms with E-state index in [4.69, 9.17) is 51.0 Å². The van der Waals surface area contributed by atoms with Crippen molar-refractivity contribution in [1.29, 1.82) is 0 Å². The van der Waals surface area contributed by atoms with Crippen molar-refractivity contribution in [3.63, 3.8) is 0 Å². The molecule has 12 nitrogen and oxygen atoms in total. The number of benzene rings is 3. The molecule has 6 N–H and O–H groups in total. The highest BCUT2D eigenvalue weighted by molar-refractivity contribution is 6.31. The number of aromatic amines is 1. The molecule has 5 rings (SSSR count). The van der Waals surface area contributed by atoms with Crippen LogP contribution in [0.3, 0.4) is 0 Å². The van der Waals surface area contributed by atoms with E-state index in [0.29, 0.717) is 36.2 Å². The van der Waals surface area contributed by atoms with Gasteiger partial charge in [-0.15, -0.1) is 4.73 Å². The fraction of sp³-hybridized carbons (Fsp3) is 0. The van der Waals surface area contributed by atoms with Gasteiger partial charge in [-0.25, -0.2) is 20.1 Å². The van der Waals surface area contributed by atoms with E-state index in [9.17, 15) is 19.2 Å². The summed E-state index contributed by atoms with van der Waals surface area (Å²) in [7, 11) is 0. The summed E-state index contributed by atoms with van der Waals surface area (Å²) in [5.41, 5.74) is 7.07. The van der Waals surface area contributed by atoms with E-state index < -0.39 is 22.8 Å². The Bertz CT molecular complexity index is 1810. The number of amides is 1. The lowest BCUT2D eigenvalue weighted by molar-refractivity contribution is 0.0707. The number of nitrogens with two attached hydrogens (primary N) is 1. The van der Waals surface area contributed by atoms with E-state index in [-0.39, 0.29) is 16.6 Å². The number of halogens is 3. The number of H-pyrrole nitrogens is 1. The van der Waals surface area contributed by atoms with Gasteiger partial charge in [-0.3, -0.25) is 19.8 Å². The van der Waals surface area contributed by atoms with Gasteiger partial charge in [-0.2, -0.15) is 0 Å². The van der Waals surface area contributed by atoms with Gasteiger partial charge in [-0.1, -0.05) is 34.8 Å². The molecule has 1 amide bonds. The van der Waals surface area contributed by atoms with Gasteiger partial charge in [0.25, 0.3) is 11.5 Å². The Labute approximate surface area is 226 Å². The number of nitrogen functional groups attached to an aromatic ring is 1. The molecule has 0 atom stereocenters. The summed E-state index contributed by atoms with van der Waals surface area (Å²) in [6.45, 7) is 0. The van der Waals surface area contributed by atoms with Crippen LogP contribution in [0.1, 0.15) is 10.4 Å². The molecule has 3 aromatic carbocycles. The first kappa shape index (κ1) is 28.2. The molecule has 0 spiro atoms. The molecule has 2 aromatic heterocycles. The van der Waals surface area contributed by atoms with Crippen LogP contribution in [-0.2, 0) is 0 Å². The summed E-state index contributed by atoms with van der Waals surface area (Å²) in [5.74, 6) is -1.44. The van der Waals surface area contributed by atoms with Crippen molar-refractivity contribution in [3.05, 3.63) is 113 Å². The lowest BCUT2D eigenvalue weighted by Crippen LogP contribution is -2.19. The first-order valence-electron chi connectivity index (χ1n) is 10.2. The van der Waals surface area contributed by atoms with Gasteiger partial charge in [0.05, 0.1) is 27.4 Å². The Morgan fingerprint density at radius 2 is 1.55 bits per heavy atom. The van der Waals surface area contributed by atoms with E-state index in [1.54, 1.807) is 30.3 Å². The number of nitrogens with zero attached hydrogens (tertiary/aromatic N) is 2. The number of fused-ring (bicyclic) bond motifs is 2. The average Bonchev–Trinajstić information content (AvgIpc) is 2.89. The van der Waals surface area contributed by atoms with Gasteiger partial charge < -0.3 is 15.4 Å². The fourth-order valence-electron chi connectivity index (χ4n) is 2.94. The van der Waals surface area contributed by atoms with E-state index in [2.05, 4.69) is 14.4 Å². The van der Waals surface area contributed by atoms with Crippen molar-refractivity contribution in [3.8, 4) is 0 Å². The molecule has 0 saturated heterocycles. The Morgan fingerprint density at radius 1 is 0.947 bits per heavy atom. The van der Waals surface area contributed by atoms with Gasteiger partial charge in [-0.05, 0) is 54.6 Å². The molecule has 15 heteroatoms. The first-order valence-corrected chi connectivity index (χ1v) is 11.3. The molecule has 2 heterocycles. The number of carbonyl (C=O) groups is 1. The molecular formula is C23H16Cl3N5O7. The summed E-state index contributed by atoms with van der Waals surface area (Å²) in [4.78, 5) is 50.2. The summed E-state index contributed by atoms with van der Waals surface area (Å²) in [6, 6.07) is 13.7. The molecular weight excluding hydrogens is 565 g/mol. The Balaban J connectivity index is 0.000000158. The SMILES string of the molecule is Nc1ccc(Cl)cc1C(=O)NO.O=c1[nH]c2ccc(Cl)cc2c(=O)o1.O=c1c2cc(Cl)ccc2ncn1O. The highest BCUT2D eigenvalue weighted by atomic mass is 35.5. The van der Waals surface area contributed by atoms with Gasteiger partial charge in [0, 0.05) is 20.8 Å². The topological polar surface area (TPSA) is 194 Å². The van der Waals surface area contributed by atoms with E-state index >= 15 is 0 Å². The number of aromatic nitrogens is 3. The zero-order valence-electron chi connectivity index (χ0n) is 18.8. The molecule has 0 aliphatic heterocycles. The average molecular weight is 581 g/mol. The Hall–Kier alpha value is -4.36. The van der Waals surface area contributed by atoms with E-state index in [1.807, 2.05) is 0 Å². The second kappa shape index (κ2) is 12.3. The summed E-state index contributed by atoms with van der Waals surface area (Å²) in [5, 5.41) is 19.1. The molecule has 0 aliphatic rings. The Morgan fingerprint density at radius 3 is 2.24 bits per heavy atom. The molecule has 5 aromatic rings. The predicted octanol–water partition coefficient (Wildman–Crippen LogP) is 3.46. The van der Waals surface area contributed by atoms with Crippen LogP contribution >= 0.6 is 34.8 Å². The van der Waals surface area contributed by atoms with Crippen LogP contribution < -0.4 is 28.2 Å². The third-order valence-corrected chi connectivity index (χ3v) is 5.39. The molecule has 0 saturated carbocycles. The fourth-order valence-corrected chi connectivity index (χ4v) is 3.46. The smallest absolute Gasteiger partial charge is 0.419 e. The monoisotopic (exact) mass is 579 g/mol. The van der Waals surface area contributed by atoms with Gasteiger partial charge >= 0.3 is 11.4 Å². The standard InChI is InChI=1S/C8H5ClN2O2.C8H4ClNO3.C7H7ClN2O2/c9-5-1-2-7-6(3-5)8(12)11(13)4-10-7;9-4-1-2-6-5(3-4)7(11)13-8(12)10-6;8-4-1-2-6(9)5(3-4)7(11)10-12/h1-4,13H;1-3H,(H,10,12);1-3,12H,9H2,(H,10,11). The summed E-state index contributed by atoms with van der Waals surface area (Å²) < 4.78 is 4.75. The van der Waals surface area contributed by atoms with Crippen molar-refractivity contribution in [2.24, 2.45) is 0 Å². The third kappa shape index (κ3) is 6.89. The number of hydrogen-bond donors (Lipinski definition) is 5. The second-order valence-electron chi connectivity index (χ2n) is 7.22. The van der Waals surface area contributed by atoms with Crippen molar-refractivity contribution >= 4 is 68.2 Å². The van der Waals surface area contributed by atoms with Crippen molar-refractivity contribution < 1.29 is 19.6 Å². The highest BCUT2D eigenvalue weighted by Gasteiger charge is 2.08. The maximum Gasteiger partial charge on any atom is 0.419 e. The molecule has 0 fully saturated rings. The number of anilines is 1. The Kier molecular flexibility index (Phi) is 9.10. The van der Waals surface area contributed by atoms with Gasteiger partial charge in [0.1, 0.15) is 6.33 Å². The summed E-state index contributed by atoms with van der Waals surface area (Å²) in [6.07, 6.45) is 1.05. The lowest BCUT2D eigenvalue weighted by atomic mass is 10.2. The predicted molar refractivity (Wildman–Crippen MR) is 141 cm³/mol. The number of rotatable bonds is 1. The molecule has 0 unspecified atom stereocenters. The minimum atomic E-state index is -0.764. The van der Waals surface area contributed by atoms with Crippen molar-refractivity contribution in [2.75, 3.05) is 5.73 Å². The number of carbonyl (C=O) groups excluding carboxylic acids is 1. The lowest BCUT2D eigenvalue weighted by Gasteiger charge is -2.02. The first-order chi connectivity index (χ1) is 18.0. The quantitative estimate of drug-likeness (QED) is 0.0854. The minimum Gasteiger partial charge on any atom is -0.424 e. The summed E-state index contributed by atoms with van der Waals surface area (Å²) >= 11 is 16.9. The van der Waals surface area contributed by atoms with Crippen LogP contribution in [0.25, 0.3) is 21.8 Å². The van der Waals surface area contributed by atoms with Gasteiger partial charge in [0.2, 0.25) is 0 Å². The van der Waals surface area contributed by atoms with Crippen LogP contribution in [0.4, 0.5) is 5.69 Å². The molecule has 0 aliphatic carbocycles. The van der Waals surface area contributed by atoms with E-state index in [1.165, 1.54) is 29.7 Å². The number of hydrogen-bond acceptors (Lipinski definition) is 9. The zero-order chi connectivity index (χ0) is 28.0. The van der Waals surface area contributed by atoms with Gasteiger partial charge in [0.15, 0.2) is 0 Å². The normalized spacial score (nSPS) is 10.2. The zero-order valence-corrected chi connectivity index (χ0v) is 21.1. The maximum atomic E-state index is 11.3. The van der Waals surface area contributed by atoms with Crippen molar-refractivity contribution in [2.45, 2.75) is 0 Å². The number of nitrogens with one attached hydrogen (secondary N) is 2. The second-order valence-corrected chi connectivity index (χ2v) is 8.53. The maximum absolute atomic E-state index is 11.3. The molecule has 0 bridgehead atoms. The third-order valence-electron chi connectivity index (χ3n) is 4.69.